The van der Waals surface area contributed by atoms with Crippen molar-refractivity contribution >= 4 is 28.6 Å². The topological polar surface area (TPSA) is 130 Å². The van der Waals surface area contributed by atoms with E-state index in [4.69, 9.17) is 10.5 Å². The quantitative estimate of drug-likeness (QED) is 0.285. The maximum absolute atomic E-state index is 14.8. The number of rotatable bonds is 7. The molecule has 41 heavy (non-hydrogen) atoms. The summed E-state index contributed by atoms with van der Waals surface area (Å²) in [5.41, 5.74) is 5.36. The van der Waals surface area contributed by atoms with Crippen LogP contribution in [0.15, 0.2) is 60.2 Å². The van der Waals surface area contributed by atoms with E-state index in [2.05, 4.69) is 20.5 Å². The Morgan fingerprint density at radius 3 is 2.76 bits per heavy atom. The van der Waals surface area contributed by atoms with Crippen molar-refractivity contribution in [3.05, 3.63) is 77.1 Å². The van der Waals surface area contributed by atoms with Crippen LogP contribution in [0.1, 0.15) is 34.5 Å². The first-order valence-electron chi connectivity index (χ1n) is 12.7. The smallest absolute Gasteiger partial charge is 0.422 e. The first kappa shape index (κ1) is 28.0. The summed E-state index contributed by atoms with van der Waals surface area (Å²) in [5, 5.41) is 21.6. The van der Waals surface area contributed by atoms with Gasteiger partial charge in [-0.2, -0.15) is 28.6 Å². The van der Waals surface area contributed by atoms with E-state index in [1.165, 1.54) is 47.3 Å². The van der Waals surface area contributed by atoms with Crippen LogP contribution in [-0.4, -0.2) is 40.7 Å². The molecule has 0 aliphatic carbocycles. The number of nitrogens with one attached hydrogen (secondary N) is 1. The van der Waals surface area contributed by atoms with Crippen molar-refractivity contribution in [3.63, 3.8) is 0 Å². The fraction of sp³-hybridized carbons (Fsp3) is 0.250. The predicted octanol–water partition coefficient (Wildman–Crippen LogP) is 5.71. The molecule has 1 saturated heterocycles. The van der Waals surface area contributed by atoms with E-state index in [1.807, 2.05) is 6.07 Å². The Labute approximate surface area is 237 Å². The summed E-state index contributed by atoms with van der Waals surface area (Å²) < 4.78 is 50.2. The molecule has 1 aliphatic heterocycles. The third-order valence-electron chi connectivity index (χ3n) is 6.64. The molecule has 4 aromatic rings. The third kappa shape index (κ3) is 6.13. The van der Waals surface area contributed by atoms with Gasteiger partial charge in [0.2, 0.25) is 0 Å². The summed E-state index contributed by atoms with van der Waals surface area (Å²) in [6.07, 6.45) is -0.447. The van der Waals surface area contributed by atoms with Gasteiger partial charge in [0, 0.05) is 24.0 Å². The predicted molar refractivity (Wildman–Crippen MR) is 148 cm³/mol. The van der Waals surface area contributed by atoms with Crippen molar-refractivity contribution in [3.8, 4) is 28.1 Å². The number of carbonyl (C=O) groups is 1. The molecule has 0 spiro atoms. The first-order valence-corrected chi connectivity index (χ1v) is 13.6. The minimum absolute atomic E-state index is 0.0117. The van der Waals surface area contributed by atoms with Crippen LogP contribution in [0.3, 0.4) is 0 Å². The maximum Gasteiger partial charge on any atom is 0.422 e. The van der Waals surface area contributed by atoms with Crippen LogP contribution in [0.25, 0.3) is 10.6 Å². The molecule has 210 valence electrons. The van der Waals surface area contributed by atoms with Gasteiger partial charge in [-0.05, 0) is 55.6 Å². The van der Waals surface area contributed by atoms with E-state index in [-0.39, 0.29) is 40.8 Å². The number of amides is 1. The monoisotopic (exact) mass is 579 g/mol. The summed E-state index contributed by atoms with van der Waals surface area (Å²) >= 11 is 1.20. The Balaban J connectivity index is 1.57. The van der Waals surface area contributed by atoms with Gasteiger partial charge in [-0.25, -0.2) is 4.98 Å². The van der Waals surface area contributed by atoms with Gasteiger partial charge in [0.25, 0.3) is 5.91 Å². The Morgan fingerprint density at radius 1 is 1.20 bits per heavy atom. The zero-order valence-electron chi connectivity index (χ0n) is 21.6. The van der Waals surface area contributed by atoms with Crippen LogP contribution < -0.4 is 20.7 Å². The van der Waals surface area contributed by atoms with Crippen molar-refractivity contribution in [1.29, 1.82) is 5.26 Å². The number of hydrogen-bond acceptors (Lipinski definition) is 9. The first-order chi connectivity index (χ1) is 19.8. The lowest BCUT2D eigenvalue weighted by Crippen LogP contribution is -2.40. The molecule has 3 heterocycles. The van der Waals surface area contributed by atoms with Crippen molar-refractivity contribution in [2.45, 2.75) is 19.0 Å². The van der Waals surface area contributed by atoms with E-state index in [0.717, 1.165) is 12.5 Å². The van der Waals surface area contributed by atoms with Gasteiger partial charge in [0.05, 0.1) is 29.3 Å². The number of piperidine rings is 1. The molecule has 1 amide bonds. The van der Waals surface area contributed by atoms with E-state index in [9.17, 15) is 23.2 Å². The van der Waals surface area contributed by atoms with E-state index in [0.29, 0.717) is 30.1 Å². The van der Waals surface area contributed by atoms with Crippen molar-refractivity contribution in [1.82, 2.24) is 15.2 Å². The number of thiazole rings is 1. The number of nitriles is 1. The lowest BCUT2D eigenvalue weighted by atomic mass is 9.96. The molecule has 1 atom stereocenters. The van der Waals surface area contributed by atoms with E-state index < -0.39 is 23.4 Å². The highest BCUT2D eigenvalue weighted by atomic mass is 32.1. The van der Waals surface area contributed by atoms with Gasteiger partial charge in [-0.3, -0.25) is 4.79 Å². The minimum atomic E-state index is -4.86. The van der Waals surface area contributed by atoms with Crippen molar-refractivity contribution < 1.29 is 22.7 Å². The van der Waals surface area contributed by atoms with Crippen LogP contribution in [0, 0.1) is 17.2 Å². The van der Waals surface area contributed by atoms with Crippen molar-refractivity contribution in [2.75, 3.05) is 29.9 Å². The van der Waals surface area contributed by atoms with E-state index >= 15 is 0 Å². The number of halogens is 3. The lowest BCUT2D eigenvalue weighted by molar-refractivity contribution is -0.138. The second-order valence-corrected chi connectivity index (χ2v) is 10.2. The number of para-hydroxylation sites is 1. The molecule has 0 saturated carbocycles. The average Bonchev–Trinajstić information content (AvgIpc) is 3.49. The number of anilines is 2. The van der Waals surface area contributed by atoms with Crippen LogP contribution in [-0.2, 0) is 6.18 Å². The van der Waals surface area contributed by atoms with E-state index in [1.54, 1.807) is 23.1 Å². The zero-order chi connectivity index (χ0) is 29.0. The number of hydrogen-bond donors (Lipinski definition) is 2. The number of alkyl halides is 3. The molecule has 2 aromatic carbocycles. The molecule has 2 aromatic heterocycles. The molecule has 0 bridgehead atoms. The van der Waals surface area contributed by atoms with Gasteiger partial charge < -0.3 is 20.7 Å². The fourth-order valence-corrected chi connectivity index (χ4v) is 5.49. The highest BCUT2D eigenvalue weighted by molar-refractivity contribution is 7.13. The molecule has 9 nitrogen and oxygen atoms in total. The average molecular weight is 580 g/mol. The Morgan fingerprint density at radius 2 is 2.02 bits per heavy atom. The van der Waals surface area contributed by atoms with Crippen LogP contribution in [0.5, 0.6) is 11.5 Å². The summed E-state index contributed by atoms with van der Waals surface area (Å²) in [6.45, 7) is 0.921. The number of aromatic nitrogens is 3. The number of nitrogens with two attached hydrogens (primary N) is 1. The summed E-state index contributed by atoms with van der Waals surface area (Å²) in [7, 11) is 0. The summed E-state index contributed by atoms with van der Waals surface area (Å²) in [6, 6.07) is 12.2. The van der Waals surface area contributed by atoms with Crippen LogP contribution in [0.4, 0.5) is 24.5 Å². The standard InChI is InChI=1S/C28H24F3N7O2S/c29-28(30,31)24-23(40-22-6-2-1-5-18(22)13-33)8-7-20(25(24)38-11-3-4-17(12-32)15-38)36-26(39)21-16-41-27(37-21)19-9-10-34-35-14-19/h1-2,5-10,14,16-17H,3-4,11-12,15,32H2,(H,36,39)/t17-/m0/s1. The maximum atomic E-state index is 14.8. The number of nitrogens with zero attached hydrogens (tertiary/aromatic N) is 5. The molecular weight excluding hydrogens is 555 g/mol. The molecule has 3 N–H and O–H groups in total. The normalized spacial score (nSPS) is 15.3. The van der Waals surface area contributed by atoms with Gasteiger partial charge in [-0.15, -0.1) is 11.3 Å². The van der Waals surface area contributed by atoms with Gasteiger partial charge in [-0.1, -0.05) is 12.1 Å². The number of carbonyl (C=O) groups excluding carboxylic acids is 1. The van der Waals surface area contributed by atoms with Gasteiger partial charge >= 0.3 is 6.18 Å². The molecule has 0 unspecified atom stereocenters. The van der Waals surface area contributed by atoms with Gasteiger partial charge in [0.1, 0.15) is 33.8 Å². The lowest BCUT2D eigenvalue weighted by Gasteiger charge is -2.37. The second-order valence-electron chi connectivity index (χ2n) is 9.36. The molecular formula is C28H24F3N7O2S. The largest absolute Gasteiger partial charge is 0.455 e. The summed E-state index contributed by atoms with van der Waals surface area (Å²) in [5.74, 6) is -1.18. The van der Waals surface area contributed by atoms with Crippen LogP contribution >= 0.6 is 11.3 Å². The van der Waals surface area contributed by atoms with Crippen molar-refractivity contribution in [2.24, 2.45) is 11.7 Å². The Kier molecular flexibility index (Phi) is 8.14. The fourth-order valence-electron chi connectivity index (χ4n) is 4.70. The molecule has 1 fully saturated rings. The minimum Gasteiger partial charge on any atom is -0.455 e. The molecule has 5 rings (SSSR count). The zero-order valence-corrected chi connectivity index (χ0v) is 22.4. The molecule has 13 heteroatoms. The number of ether oxygens (including phenoxy) is 1. The highest BCUT2D eigenvalue weighted by Crippen LogP contribution is 2.48. The van der Waals surface area contributed by atoms with Gasteiger partial charge in [0.15, 0.2) is 0 Å². The third-order valence-corrected chi connectivity index (χ3v) is 7.53. The second kappa shape index (κ2) is 11.9. The SMILES string of the molecule is N#Cc1ccccc1Oc1ccc(NC(=O)c2csc(-c3ccnnc3)n2)c(N2CCC[C@@H](CN)C2)c1C(F)(F)F. The molecule has 0 radical (unpaired) electrons. The highest BCUT2D eigenvalue weighted by Gasteiger charge is 2.41. The summed E-state index contributed by atoms with van der Waals surface area (Å²) in [4.78, 5) is 19.2. The molecule has 1 aliphatic rings. The number of benzene rings is 2. The van der Waals surface area contributed by atoms with Crippen LogP contribution in [0.2, 0.25) is 0 Å². The Bertz CT molecular complexity index is 1590. The Hall–Kier alpha value is -4.54.